The van der Waals surface area contributed by atoms with E-state index in [1.54, 1.807) is 6.21 Å². The molecule has 6 rings (SSSR count). The second kappa shape index (κ2) is 8.86. The number of hydrogen-bond donors (Lipinski definition) is 1. The number of halogens is 1. The molecule has 3 aromatic rings. The summed E-state index contributed by atoms with van der Waals surface area (Å²) in [7, 11) is 0. The highest BCUT2D eigenvalue weighted by atomic mass is 79.9. The third-order valence-electron chi connectivity index (χ3n) is 7.24. The molecule has 5 nitrogen and oxygen atoms in total. The van der Waals surface area contributed by atoms with Gasteiger partial charge in [-0.2, -0.15) is 0 Å². The van der Waals surface area contributed by atoms with Gasteiger partial charge in [0.25, 0.3) is 5.91 Å². The molecule has 36 heavy (non-hydrogen) atoms. The highest BCUT2D eigenvalue weighted by Crippen LogP contribution is 2.39. The summed E-state index contributed by atoms with van der Waals surface area (Å²) < 4.78 is 4.48. The van der Waals surface area contributed by atoms with E-state index in [0.29, 0.717) is 5.56 Å². The van der Waals surface area contributed by atoms with Gasteiger partial charge in [-0.05, 0) is 79.7 Å². The van der Waals surface area contributed by atoms with Crippen LogP contribution in [0.5, 0.6) is 0 Å². The SMILES string of the molecule is CC(=O)OC(Br)(c1cccc2c1=CCc1c3c(ccc1=2)=CCCC3)C1Nc2ccccc2C=NC1=O. The summed E-state index contributed by atoms with van der Waals surface area (Å²) in [4.78, 5) is 29.9. The van der Waals surface area contributed by atoms with Crippen LogP contribution in [-0.4, -0.2) is 24.1 Å². The molecule has 3 aliphatic rings. The molecule has 0 saturated heterocycles. The number of benzodiazepines with no additional fused rings is 1. The van der Waals surface area contributed by atoms with Crippen molar-refractivity contribution < 1.29 is 14.3 Å². The van der Waals surface area contributed by atoms with Gasteiger partial charge in [0.2, 0.25) is 4.51 Å². The van der Waals surface area contributed by atoms with Crippen LogP contribution in [0.15, 0.2) is 59.6 Å². The van der Waals surface area contributed by atoms with Gasteiger partial charge in [0.05, 0.1) is 0 Å². The van der Waals surface area contributed by atoms with Crippen LogP contribution in [0.2, 0.25) is 0 Å². The fraction of sp³-hybridized carbons (Fsp3) is 0.233. The first-order valence-corrected chi connectivity index (χ1v) is 13.0. The number of benzene rings is 3. The number of para-hydroxylation sites is 1. The van der Waals surface area contributed by atoms with E-state index < -0.39 is 22.4 Å². The van der Waals surface area contributed by atoms with E-state index in [4.69, 9.17) is 4.74 Å². The largest absolute Gasteiger partial charge is 0.440 e. The lowest BCUT2D eigenvalue weighted by atomic mass is 9.87. The van der Waals surface area contributed by atoms with Crippen LogP contribution in [0, 0.1) is 10.4 Å². The molecule has 2 aliphatic carbocycles. The molecule has 180 valence electrons. The van der Waals surface area contributed by atoms with Crippen molar-refractivity contribution in [2.75, 3.05) is 5.32 Å². The summed E-state index contributed by atoms with van der Waals surface area (Å²) in [6.45, 7) is 1.35. The molecule has 2 atom stereocenters. The molecule has 2 unspecified atom stereocenters. The first-order valence-electron chi connectivity index (χ1n) is 12.2. The number of carbonyl (C=O) groups is 2. The second-order valence-corrected chi connectivity index (χ2v) is 10.6. The van der Waals surface area contributed by atoms with E-state index in [2.05, 4.69) is 56.6 Å². The number of esters is 1. The lowest BCUT2D eigenvalue weighted by Gasteiger charge is -2.35. The average Bonchev–Trinajstić information content (AvgIpc) is 3.06. The molecule has 1 amide bonds. The Morgan fingerprint density at radius 3 is 2.78 bits per heavy atom. The van der Waals surface area contributed by atoms with E-state index in [1.165, 1.54) is 34.9 Å². The van der Waals surface area contributed by atoms with Gasteiger partial charge in [-0.15, -0.1) is 0 Å². The fourth-order valence-corrected chi connectivity index (χ4v) is 6.52. The van der Waals surface area contributed by atoms with Gasteiger partial charge in [-0.1, -0.05) is 60.7 Å². The Hall–Kier alpha value is -3.51. The van der Waals surface area contributed by atoms with E-state index in [0.717, 1.165) is 41.0 Å². The number of aliphatic imine (C=N–C) groups is 1. The first-order chi connectivity index (χ1) is 17.5. The maximum Gasteiger partial charge on any atom is 0.304 e. The Balaban J connectivity index is 1.60. The predicted octanol–water partition coefficient (Wildman–Crippen LogP) is 3.98. The van der Waals surface area contributed by atoms with E-state index in [-0.39, 0.29) is 0 Å². The average molecular weight is 541 g/mol. The molecule has 1 N–H and O–H groups in total. The van der Waals surface area contributed by atoms with Crippen LogP contribution in [0.1, 0.15) is 42.0 Å². The van der Waals surface area contributed by atoms with Gasteiger partial charge in [-0.3, -0.25) is 9.59 Å². The number of ether oxygens (including phenoxy) is 1. The summed E-state index contributed by atoms with van der Waals surface area (Å²) in [6.07, 6.45) is 10.2. The smallest absolute Gasteiger partial charge is 0.304 e. The maximum atomic E-state index is 13.3. The number of nitrogens with zero attached hydrogens (tertiary/aromatic N) is 1. The third kappa shape index (κ3) is 3.71. The molecule has 0 spiro atoms. The van der Waals surface area contributed by atoms with Crippen molar-refractivity contribution in [2.24, 2.45) is 4.99 Å². The number of anilines is 1. The highest BCUT2D eigenvalue weighted by Gasteiger charge is 2.47. The zero-order valence-corrected chi connectivity index (χ0v) is 21.5. The predicted molar refractivity (Wildman–Crippen MR) is 144 cm³/mol. The summed E-state index contributed by atoms with van der Waals surface area (Å²) in [5.74, 6) is -0.927. The van der Waals surface area contributed by atoms with Crippen LogP contribution in [0.4, 0.5) is 5.69 Å². The molecule has 3 aromatic carbocycles. The lowest BCUT2D eigenvalue weighted by molar-refractivity contribution is -0.151. The van der Waals surface area contributed by atoms with Crippen molar-refractivity contribution in [3.05, 3.63) is 97.7 Å². The Bertz CT molecular complexity index is 1680. The number of alkyl halides is 1. The first kappa shape index (κ1) is 22.9. The molecular formula is C30H25BrN2O3. The zero-order chi connectivity index (χ0) is 24.9. The topological polar surface area (TPSA) is 67.8 Å². The standard InChI is InChI=1S/C30H25BrN2O3/c1-18(34)36-30(31,28-29(35)32-17-20-8-3-5-12-27(20)33-28)26-11-6-10-22-24-14-13-19-7-2-4-9-21(19)23(24)15-16-25(22)26/h3,5-8,10-14,16-17,28,33H,2,4,9,15H2,1H3. The number of amides is 1. The van der Waals surface area contributed by atoms with Crippen molar-refractivity contribution in [1.82, 2.24) is 0 Å². The van der Waals surface area contributed by atoms with Gasteiger partial charge in [-0.25, -0.2) is 4.99 Å². The minimum absolute atomic E-state index is 0.428. The van der Waals surface area contributed by atoms with Crippen molar-refractivity contribution in [1.29, 1.82) is 0 Å². The summed E-state index contributed by atoms with van der Waals surface area (Å²) >= 11 is 3.74. The van der Waals surface area contributed by atoms with Crippen LogP contribution in [0.3, 0.4) is 0 Å². The van der Waals surface area contributed by atoms with Crippen LogP contribution < -0.4 is 15.8 Å². The molecular weight excluding hydrogens is 516 g/mol. The van der Waals surface area contributed by atoms with Gasteiger partial charge >= 0.3 is 5.97 Å². The van der Waals surface area contributed by atoms with Crippen LogP contribution in [0.25, 0.3) is 12.2 Å². The zero-order valence-electron chi connectivity index (χ0n) is 19.9. The van der Waals surface area contributed by atoms with Gasteiger partial charge in [0, 0.05) is 30.0 Å². The minimum atomic E-state index is -1.47. The molecule has 0 radical (unpaired) electrons. The minimum Gasteiger partial charge on any atom is -0.440 e. The quantitative estimate of drug-likeness (QED) is 0.403. The van der Waals surface area contributed by atoms with Crippen molar-refractivity contribution in [3.8, 4) is 0 Å². The number of rotatable bonds is 3. The maximum absolute atomic E-state index is 13.3. The summed E-state index contributed by atoms with van der Waals surface area (Å²) in [5.41, 5.74) is 5.05. The molecule has 0 fully saturated rings. The molecule has 0 saturated carbocycles. The van der Waals surface area contributed by atoms with Crippen LogP contribution in [-0.2, 0) is 31.7 Å². The Labute approximate surface area is 217 Å². The Morgan fingerprint density at radius 2 is 1.92 bits per heavy atom. The van der Waals surface area contributed by atoms with Crippen molar-refractivity contribution in [2.45, 2.75) is 43.2 Å². The Morgan fingerprint density at radius 1 is 1.06 bits per heavy atom. The fourth-order valence-electron chi connectivity index (χ4n) is 5.64. The van der Waals surface area contributed by atoms with Gasteiger partial charge < -0.3 is 10.1 Å². The van der Waals surface area contributed by atoms with E-state index >= 15 is 0 Å². The van der Waals surface area contributed by atoms with Crippen molar-refractivity contribution >= 4 is 51.9 Å². The van der Waals surface area contributed by atoms with Gasteiger partial charge in [0.15, 0.2) is 6.04 Å². The number of carbonyl (C=O) groups excluding carboxylic acids is 2. The molecule has 1 aliphatic heterocycles. The van der Waals surface area contributed by atoms with Crippen molar-refractivity contribution in [3.63, 3.8) is 0 Å². The van der Waals surface area contributed by atoms with E-state index in [9.17, 15) is 9.59 Å². The molecule has 0 bridgehead atoms. The number of fused-ring (bicyclic) bond motifs is 5. The third-order valence-corrected chi connectivity index (χ3v) is 8.29. The second-order valence-electron chi connectivity index (χ2n) is 9.43. The number of hydrogen-bond acceptors (Lipinski definition) is 4. The highest BCUT2D eigenvalue weighted by molar-refractivity contribution is 9.09. The Kier molecular flexibility index (Phi) is 5.64. The normalized spacial score (nSPS) is 19.1. The monoisotopic (exact) mass is 540 g/mol. The molecule has 0 aromatic heterocycles. The summed E-state index contributed by atoms with van der Waals surface area (Å²) in [5, 5.41) is 7.87. The molecule has 1 heterocycles. The molecule has 6 heteroatoms. The van der Waals surface area contributed by atoms with Gasteiger partial charge in [0.1, 0.15) is 0 Å². The number of nitrogens with one attached hydrogen (secondary N) is 1. The lowest BCUT2D eigenvalue weighted by Crippen LogP contribution is -2.49. The van der Waals surface area contributed by atoms with Crippen LogP contribution >= 0.6 is 15.9 Å². The van der Waals surface area contributed by atoms with E-state index in [1.807, 2.05) is 36.4 Å². The summed E-state index contributed by atoms with van der Waals surface area (Å²) in [6, 6.07) is 17.0.